The van der Waals surface area contributed by atoms with Crippen LogP contribution < -0.4 is 10.1 Å². The van der Waals surface area contributed by atoms with Gasteiger partial charge in [0.25, 0.3) is 5.91 Å². The second-order valence-corrected chi connectivity index (χ2v) is 7.90. The quantitative estimate of drug-likeness (QED) is 0.722. The van der Waals surface area contributed by atoms with E-state index in [1.807, 2.05) is 42.6 Å². The van der Waals surface area contributed by atoms with Crippen LogP contribution in [0.25, 0.3) is 10.2 Å². The summed E-state index contributed by atoms with van der Waals surface area (Å²) in [4.78, 5) is 18.5. The van der Waals surface area contributed by atoms with Gasteiger partial charge in [0.2, 0.25) is 0 Å². The van der Waals surface area contributed by atoms with Crippen LogP contribution in [0.3, 0.4) is 0 Å². The highest BCUT2D eigenvalue weighted by Crippen LogP contribution is 2.24. The van der Waals surface area contributed by atoms with Gasteiger partial charge in [0.05, 0.1) is 15.1 Å². The average molecular weight is 369 g/mol. The third kappa shape index (κ3) is 3.92. The van der Waals surface area contributed by atoms with Crippen LogP contribution in [0, 0.1) is 0 Å². The molecule has 5 nitrogen and oxygen atoms in total. The molecule has 1 aliphatic heterocycles. The number of thiophene rings is 1. The van der Waals surface area contributed by atoms with Gasteiger partial charge in [0, 0.05) is 25.8 Å². The number of H-pyrrole nitrogens is 1. The molecule has 0 atom stereocenters. The zero-order valence-electron chi connectivity index (χ0n) is 14.8. The fourth-order valence-corrected chi connectivity index (χ4v) is 4.15. The molecule has 2 aromatic heterocycles. The Morgan fingerprint density at radius 1 is 1.27 bits per heavy atom. The van der Waals surface area contributed by atoms with Crippen LogP contribution in [0.2, 0.25) is 0 Å². The predicted octanol–water partition coefficient (Wildman–Crippen LogP) is 3.63. The molecule has 6 heteroatoms. The lowest BCUT2D eigenvalue weighted by molar-refractivity contribution is 0.0955. The maximum atomic E-state index is 12.3. The minimum Gasteiger partial charge on any atom is -0.490 e. The molecule has 1 fully saturated rings. The Morgan fingerprint density at radius 3 is 2.77 bits per heavy atom. The lowest BCUT2D eigenvalue weighted by atomic mass is 10.1. The molecule has 3 aromatic rings. The van der Waals surface area contributed by atoms with Gasteiger partial charge in [-0.05, 0) is 49.7 Å². The van der Waals surface area contributed by atoms with Crippen molar-refractivity contribution in [3.8, 4) is 5.75 Å². The van der Waals surface area contributed by atoms with Gasteiger partial charge < -0.3 is 19.9 Å². The zero-order chi connectivity index (χ0) is 17.9. The summed E-state index contributed by atoms with van der Waals surface area (Å²) in [6.45, 7) is 2.69. The van der Waals surface area contributed by atoms with E-state index in [9.17, 15) is 4.79 Å². The standard InChI is InChI=1S/C20H23N3O2S/c1-23-10-7-16(8-11-23)25-15-4-2-14(3-5-15)13-22-20(24)19-12-17-18(26-19)6-9-21-17/h2-6,9,12,16,21H,7-8,10-11,13H2,1H3,(H,22,24). The fourth-order valence-electron chi connectivity index (χ4n) is 3.21. The van der Waals surface area contributed by atoms with Crippen molar-refractivity contribution in [3.05, 3.63) is 53.0 Å². The van der Waals surface area contributed by atoms with Crippen molar-refractivity contribution in [2.75, 3.05) is 20.1 Å². The van der Waals surface area contributed by atoms with Gasteiger partial charge in [0.1, 0.15) is 11.9 Å². The number of aromatic amines is 1. The molecule has 0 saturated carbocycles. The van der Waals surface area contributed by atoms with Crippen molar-refractivity contribution >= 4 is 27.5 Å². The SMILES string of the molecule is CN1CCC(Oc2ccc(CNC(=O)c3cc4[nH]ccc4s3)cc2)CC1. The Labute approximate surface area is 157 Å². The number of likely N-dealkylation sites (tertiary alicyclic amines) is 1. The molecule has 3 heterocycles. The molecular weight excluding hydrogens is 346 g/mol. The van der Waals surface area contributed by atoms with Crippen LogP contribution in [-0.2, 0) is 6.54 Å². The first-order chi connectivity index (χ1) is 12.7. The van der Waals surface area contributed by atoms with Gasteiger partial charge in [-0.1, -0.05) is 12.1 Å². The van der Waals surface area contributed by atoms with Crippen LogP contribution >= 0.6 is 11.3 Å². The van der Waals surface area contributed by atoms with Crippen molar-refractivity contribution in [3.63, 3.8) is 0 Å². The van der Waals surface area contributed by atoms with Gasteiger partial charge in [0.15, 0.2) is 0 Å². The molecule has 0 aliphatic carbocycles. The van der Waals surface area contributed by atoms with E-state index in [1.165, 1.54) is 11.3 Å². The Balaban J connectivity index is 1.29. The molecule has 2 N–H and O–H groups in total. The predicted molar refractivity (Wildman–Crippen MR) is 105 cm³/mol. The molecule has 26 heavy (non-hydrogen) atoms. The summed E-state index contributed by atoms with van der Waals surface area (Å²) in [6, 6.07) is 11.9. The molecule has 0 radical (unpaired) electrons. The summed E-state index contributed by atoms with van der Waals surface area (Å²) >= 11 is 1.50. The second kappa shape index (κ2) is 7.51. The lowest BCUT2D eigenvalue weighted by Crippen LogP contribution is -2.35. The Kier molecular flexibility index (Phi) is 4.95. The van der Waals surface area contributed by atoms with Crippen LogP contribution in [0.4, 0.5) is 0 Å². The van der Waals surface area contributed by atoms with Gasteiger partial charge in [-0.15, -0.1) is 11.3 Å². The molecule has 136 valence electrons. The normalized spacial score (nSPS) is 16.0. The number of hydrogen-bond acceptors (Lipinski definition) is 4. The van der Waals surface area contributed by atoms with Crippen molar-refractivity contribution in [2.45, 2.75) is 25.5 Å². The number of amides is 1. The Bertz CT molecular complexity index is 847. The van der Waals surface area contributed by atoms with Crippen LogP contribution in [-0.4, -0.2) is 42.0 Å². The van der Waals surface area contributed by atoms with E-state index in [0.29, 0.717) is 12.6 Å². The lowest BCUT2D eigenvalue weighted by Gasteiger charge is -2.29. The average Bonchev–Trinajstić information content (AvgIpc) is 3.25. The monoisotopic (exact) mass is 369 g/mol. The number of piperidine rings is 1. The van der Waals surface area contributed by atoms with E-state index in [2.05, 4.69) is 22.2 Å². The number of aromatic nitrogens is 1. The summed E-state index contributed by atoms with van der Waals surface area (Å²) in [5.41, 5.74) is 2.08. The number of rotatable bonds is 5. The molecule has 1 aliphatic rings. The highest BCUT2D eigenvalue weighted by atomic mass is 32.1. The van der Waals surface area contributed by atoms with E-state index < -0.39 is 0 Å². The maximum Gasteiger partial charge on any atom is 0.261 e. The highest BCUT2D eigenvalue weighted by Gasteiger charge is 2.18. The zero-order valence-corrected chi connectivity index (χ0v) is 15.6. The molecular formula is C20H23N3O2S. The van der Waals surface area contributed by atoms with E-state index in [-0.39, 0.29) is 5.91 Å². The number of carbonyl (C=O) groups is 1. The van der Waals surface area contributed by atoms with Gasteiger partial charge in [-0.2, -0.15) is 0 Å². The maximum absolute atomic E-state index is 12.3. The van der Waals surface area contributed by atoms with Crippen LogP contribution in [0.1, 0.15) is 28.1 Å². The molecule has 0 bridgehead atoms. The highest BCUT2D eigenvalue weighted by molar-refractivity contribution is 7.20. The van der Waals surface area contributed by atoms with E-state index >= 15 is 0 Å². The molecule has 1 aromatic carbocycles. The van der Waals surface area contributed by atoms with E-state index in [4.69, 9.17) is 4.74 Å². The van der Waals surface area contributed by atoms with E-state index in [1.54, 1.807) is 0 Å². The second-order valence-electron chi connectivity index (χ2n) is 6.81. The Hall–Kier alpha value is -2.31. The fraction of sp³-hybridized carbons (Fsp3) is 0.350. The summed E-state index contributed by atoms with van der Waals surface area (Å²) in [5, 5.41) is 2.98. The number of fused-ring (bicyclic) bond motifs is 1. The van der Waals surface area contributed by atoms with Crippen molar-refractivity contribution < 1.29 is 9.53 Å². The largest absolute Gasteiger partial charge is 0.490 e. The molecule has 1 saturated heterocycles. The third-order valence-corrected chi connectivity index (χ3v) is 5.90. The van der Waals surface area contributed by atoms with Gasteiger partial charge >= 0.3 is 0 Å². The summed E-state index contributed by atoms with van der Waals surface area (Å²) < 4.78 is 7.16. The first kappa shape index (κ1) is 17.1. The van der Waals surface area contributed by atoms with Gasteiger partial charge in [-0.3, -0.25) is 4.79 Å². The summed E-state index contributed by atoms with van der Waals surface area (Å²) in [7, 11) is 2.15. The number of hydrogen-bond donors (Lipinski definition) is 2. The first-order valence-corrected chi connectivity index (χ1v) is 9.78. The molecule has 1 amide bonds. The first-order valence-electron chi connectivity index (χ1n) is 8.96. The van der Waals surface area contributed by atoms with Crippen molar-refractivity contribution in [2.24, 2.45) is 0 Å². The Morgan fingerprint density at radius 2 is 2.04 bits per heavy atom. The van der Waals surface area contributed by atoms with Crippen molar-refractivity contribution in [1.82, 2.24) is 15.2 Å². The molecule has 0 unspecified atom stereocenters. The summed E-state index contributed by atoms with van der Waals surface area (Å²) in [6.07, 6.45) is 4.34. The summed E-state index contributed by atoms with van der Waals surface area (Å²) in [5.74, 6) is 0.869. The minimum absolute atomic E-state index is 0.0359. The van der Waals surface area contributed by atoms with Crippen LogP contribution in [0.15, 0.2) is 42.6 Å². The minimum atomic E-state index is -0.0359. The number of carbonyl (C=O) groups excluding carboxylic acids is 1. The number of benzene rings is 1. The van der Waals surface area contributed by atoms with Crippen LogP contribution in [0.5, 0.6) is 5.75 Å². The van der Waals surface area contributed by atoms with E-state index in [0.717, 1.165) is 52.3 Å². The molecule has 4 rings (SSSR count). The third-order valence-electron chi connectivity index (χ3n) is 4.80. The number of ether oxygens (including phenoxy) is 1. The van der Waals surface area contributed by atoms with Gasteiger partial charge in [-0.25, -0.2) is 0 Å². The van der Waals surface area contributed by atoms with Crippen molar-refractivity contribution in [1.29, 1.82) is 0 Å². The number of nitrogens with one attached hydrogen (secondary N) is 2. The molecule has 0 spiro atoms. The topological polar surface area (TPSA) is 57.4 Å². The number of nitrogens with zero attached hydrogens (tertiary/aromatic N) is 1. The smallest absolute Gasteiger partial charge is 0.261 e.